The molecule has 3 heteroatoms. The second kappa shape index (κ2) is 3.91. The van der Waals surface area contributed by atoms with Crippen molar-refractivity contribution in [3.8, 4) is 0 Å². The molecule has 1 N–H and O–H groups in total. The average molecular weight is 124 g/mol. The zero-order chi connectivity index (χ0) is 6.53. The lowest BCUT2D eigenvalue weighted by molar-refractivity contribution is 0.395. The third-order valence-electron chi connectivity index (χ3n) is 1.60. The van der Waals surface area contributed by atoms with Gasteiger partial charge in [0.1, 0.15) is 0 Å². The SMILES string of the molecule is [B]N1CCCNCCC1. The highest BCUT2D eigenvalue weighted by atomic mass is 15.0. The maximum atomic E-state index is 5.61. The number of hydrogen-bond donors (Lipinski definition) is 1. The quantitative estimate of drug-likeness (QED) is 0.448. The number of nitrogens with one attached hydrogen (secondary N) is 1. The largest absolute Gasteiger partial charge is 0.353 e. The molecule has 0 atom stereocenters. The Morgan fingerprint density at radius 2 is 1.67 bits per heavy atom. The van der Waals surface area contributed by atoms with Gasteiger partial charge in [0.05, 0.1) is 0 Å². The molecule has 0 aromatic rings. The van der Waals surface area contributed by atoms with E-state index in [1.807, 2.05) is 4.81 Å². The van der Waals surface area contributed by atoms with Crippen molar-refractivity contribution < 1.29 is 0 Å². The van der Waals surface area contributed by atoms with Gasteiger partial charge in [-0.1, -0.05) is 0 Å². The van der Waals surface area contributed by atoms with Crippen LogP contribution in [0.1, 0.15) is 12.8 Å². The molecule has 0 aromatic carbocycles. The van der Waals surface area contributed by atoms with Gasteiger partial charge in [0.2, 0.25) is 0 Å². The van der Waals surface area contributed by atoms with Crippen LogP contribution in [-0.2, 0) is 0 Å². The molecule has 2 nitrogen and oxygen atoms in total. The smallest absolute Gasteiger partial charge is 0.182 e. The van der Waals surface area contributed by atoms with Crippen molar-refractivity contribution in [3.05, 3.63) is 0 Å². The normalized spacial score (nSPS) is 24.9. The second-order valence-corrected chi connectivity index (χ2v) is 2.49. The summed E-state index contributed by atoms with van der Waals surface area (Å²) in [5.41, 5.74) is 0. The van der Waals surface area contributed by atoms with Crippen LogP contribution in [0, 0.1) is 0 Å². The van der Waals surface area contributed by atoms with Gasteiger partial charge >= 0.3 is 0 Å². The third-order valence-corrected chi connectivity index (χ3v) is 1.60. The topological polar surface area (TPSA) is 15.3 Å². The first-order valence-corrected chi connectivity index (χ1v) is 3.60. The summed E-state index contributed by atoms with van der Waals surface area (Å²) >= 11 is 0. The van der Waals surface area contributed by atoms with Gasteiger partial charge in [-0.15, -0.1) is 0 Å². The van der Waals surface area contributed by atoms with Gasteiger partial charge < -0.3 is 10.1 Å². The third kappa shape index (κ3) is 2.87. The van der Waals surface area contributed by atoms with Crippen molar-refractivity contribution in [3.63, 3.8) is 0 Å². The molecule has 0 amide bonds. The summed E-state index contributed by atoms with van der Waals surface area (Å²) in [5, 5.41) is 3.33. The molecule has 0 aliphatic carbocycles. The Bertz CT molecular complexity index is 69.5. The molecule has 9 heavy (non-hydrogen) atoms. The number of rotatable bonds is 0. The predicted molar refractivity (Wildman–Crippen MR) is 39.4 cm³/mol. The van der Waals surface area contributed by atoms with Gasteiger partial charge in [-0.2, -0.15) is 0 Å². The first-order chi connectivity index (χ1) is 4.39. The van der Waals surface area contributed by atoms with Gasteiger partial charge in [-0.05, 0) is 39.0 Å². The lowest BCUT2D eigenvalue weighted by atomic mass is 10.2. The van der Waals surface area contributed by atoms with E-state index in [1.165, 1.54) is 12.8 Å². The summed E-state index contributed by atoms with van der Waals surface area (Å²) in [5.74, 6) is 0. The second-order valence-electron chi connectivity index (χ2n) is 2.49. The Labute approximate surface area is 58.0 Å². The minimum absolute atomic E-state index is 1.03. The summed E-state index contributed by atoms with van der Waals surface area (Å²) in [6.07, 6.45) is 2.35. The standard InChI is InChI=1S/C6H13BN2/c7-9-5-1-3-8-4-2-6-9/h8H,1-6H2. The van der Waals surface area contributed by atoms with Crippen LogP contribution in [0.5, 0.6) is 0 Å². The molecule has 2 radical (unpaired) electrons. The Balaban J connectivity index is 2.12. The van der Waals surface area contributed by atoms with E-state index in [4.69, 9.17) is 7.98 Å². The molecule has 1 fully saturated rings. The highest BCUT2D eigenvalue weighted by molar-refractivity contribution is 6.04. The molecule has 50 valence electrons. The molecule has 1 aliphatic heterocycles. The van der Waals surface area contributed by atoms with E-state index in [0.717, 1.165) is 26.2 Å². The molecule has 1 saturated heterocycles. The van der Waals surface area contributed by atoms with Crippen LogP contribution < -0.4 is 5.32 Å². The summed E-state index contributed by atoms with van der Waals surface area (Å²) in [4.78, 5) is 1.90. The van der Waals surface area contributed by atoms with Crippen LogP contribution in [0.3, 0.4) is 0 Å². The Kier molecular flexibility index (Phi) is 3.08. The molecule has 0 aromatic heterocycles. The molecule has 1 aliphatic rings. The average Bonchev–Trinajstić information content (AvgIpc) is 1.79. The fourth-order valence-corrected chi connectivity index (χ4v) is 1.05. The van der Waals surface area contributed by atoms with Crippen LogP contribution >= 0.6 is 0 Å². The summed E-state index contributed by atoms with van der Waals surface area (Å²) in [7, 11) is 5.61. The minimum Gasteiger partial charge on any atom is -0.353 e. The van der Waals surface area contributed by atoms with Gasteiger partial charge in [-0.3, -0.25) is 0 Å². The maximum absolute atomic E-state index is 5.61. The number of hydrogen-bond acceptors (Lipinski definition) is 2. The van der Waals surface area contributed by atoms with Gasteiger partial charge in [0, 0.05) is 0 Å². The Morgan fingerprint density at radius 3 is 2.22 bits per heavy atom. The molecular formula is C6H13BN2. The van der Waals surface area contributed by atoms with Crippen molar-refractivity contribution in [1.82, 2.24) is 10.1 Å². The van der Waals surface area contributed by atoms with Crippen LogP contribution in [0.2, 0.25) is 0 Å². The zero-order valence-electron chi connectivity index (χ0n) is 5.77. The number of nitrogens with zero attached hydrogens (tertiary/aromatic N) is 1. The lowest BCUT2D eigenvalue weighted by Crippen LogP contribution is -2.32. The minimum atomic E-state index is 1.03. The molecular weight excluding hydrogens is 111 g/mol. The molecule has 0 unspecified atom stereocenters. The molecule has 0 bridgehead atoms. The first kappa shape index (κ1) is 7.10. The summed E-state index contributed by atoms with van der Waals surface area (Å²) in [6.45, 7) is 4.31. The summed E-state index contributed by atoms with van der Waals surface area (Å²) < 4.78 is 0. The Hall–Kier alpha value is -0.0151. The highest BCUT2D eigenvalue weighted by Gasteiger charge is 2.00. The van der Waals surface area contributed by atoms with Crippen molar-refractivity contribution in [2.24, 2.45) is 0 Å². The predicted octanol–water partition coefficient (Wildman–Crippen LogP) is -0.245. The van der Waals surface area contributed by atoms with Crippen molar-refractivity contribution in [2.45, 2.75) is 12.8 Å². The fraction of sp³-hybridized carbons (Fsp3) is 1.00. The lowest BCUT2D eigenvalue weighted by Gasteiger charge is -2.20. The monoisotopic (exact) mass is 124 g/mol. The van der Waals surface area contributed by atoms with E-state index >= 15 is 0 Å². The van der Waals surface area contributed by atoms with E-state index in [2.05, 4.69) is 5.32 Å². The fourth-order valence-electron chi connectivity index (χ4n) is 1.05. The first-order valence-electron chi connectivity index (χ1n) is 3.60. The van der Waals surface area contributed by atoms with E-state index in [0.29, 0.717) is 0 Å². The van der Waals surface area contributed by atoms with Gasteiger partial charge in [0.15, 0.2) is 7.98 Å². The highest BCUT2D eigenvalue weighted by Crippen LogP contribution is 1.91. The maximum Gasteiger partial charge on any atom is 0.182 e. The van der Waals surface area contributed by atoms with E-state index < -0.39 is 0 Å². The molecule has 0 spiro atoms. The zero-order valence-corrected chi connectivity index (χ0v) is 5.77. The van der Waals surface area contributed by atoms with Crippen molar-refractivity contribution >= 4 is 7.98 Å². The van der Waals surface area contributed by atoms with Gasteiger partial charge in [-0.25, -0.2) is 0 Å². The van der Waals surface area contributed by atoms with Crippen LogP contribution in [0.4, 0.5) is 0 Å². The van der Waals surface area contributed by atoms with E-state index in [-0.39, 0.29) is 0 Å². The van der Waals surface area contributed by atoms with E-state index in [1.54, 1.807) is 0 Å². The Morgan fingerprint density at radius 1 is 1.11 bits per heavy atom. The van der Waals surface area contributed by atoms with Crippen LogP contribution in [0.25, 0.3) is 0 Å². The van der Waals surface area contributed by atoms with Crippen LogP contribution in [-0.4, -0.2) is 39.0 Å². The molecule has 0 saturated carbocycles. The van der Waals surface area contributed by atoms with Crippen LogP contribution in [0.15, 0.2) is 0 Å². The van der Waals surface area contributed by atoms with Crippen molar-refractivity contribution in [2.75, 3.05) is 26.2 Å². The molecule has 1 heterocycles. The molecule has 1 rings (SSSR count). The van der Waals surface area contributed by atoms with E-state index in [9.17, 15) is 0 Å². The van der Waals surface area contributed by atoms with Gasteiger partial charge in [0.25, 0.3) is 0 Å². The van der Waals surface area contributed by atoms with Crippen molar-refractivity contribution in [1.29, 1.82) is 0 Å². The summed E-state index contributed by atoms with van der Waals surface area (Å²) in [6, 6.07) is 0.